The Kier molecular flexibility index (Phi) is 7.41. The molecule has 0 saturated carbocycles. The van der Waals surface area contributed by atoms with Gasteiger partial charge in [-0.15, -0.1) is 11.3 Å². The summed E-state index contributed by atoms with van der Waals surface area (Å²) in [7, 11) is -2.74. The van der Waals surface area contributed by atoms with Gasteiger partial charge in [-0.1, -0.05) is 81.4 Å². The smallest absolute Gasteiger partial charge is 0.261 e. The van der Waals surface area contributed by atoms with Crippen LogP contribution in [0, 0.1) is 6.92 Å². The van der Waals surface area contributed by atoms with Crippen molar-refractivity contribution >= 4 is 42.4 Å². The van der Waals surface area contributed by atoms with Crippen molar-refractivity contribution in [3.8, 4) is 0 Å². The van der Waals surface area contributed by atoms with E-state index in [1.807, 2.05) is 31.4 Å². The van der Waals surface area contributed by atoms with Crippen molar-refractivity contribution in [1.29, 1.82) is 0 Å². The van der Waals surface area contributed by atoms with Gasteiger partial charge in [0.05, 0.1) is 16.8 Å². The lowest BCUT2D eigenvalue weighted by Crippen LogP contribution is -2.67. The number of aromatic nitrogens is 1. The molecule has 3 aromatic rings. The van der Waals surface area contributed by atoms with E-state index >= 15 is 0 Å². The van der Waals surface area contributed by atoms with Gasteiger partial charge in [0.25, 0.3) is 8.32 Å². The Hall–Kier alpha value is -2.34. The van der Waals surface area contributed by atoms with E-state index in [1.54, 1.807) is 11.3 Å². The first kappa shape index (κ1) is 23.3. The first-order valence-electron chi connectivity index (χ1n) is 10.6. The van der Waals surface area contributed by atoms with Crippen LogP contribution in [0.3, 0.4) is 0 Å². The second-order valence-corrected chi connectivity index (χ2v) is 14.2. The highest BCUT2D eigenvalue weighted by atomic mass is 32.1. The Labute approximate surface area is 191 Å². The summed E-state index contributed by atoms with van der Waals surface area (Å²) in [5, 5.41) is 5.34. The Morgan fingerprint density at radius 2 is 1.61 bits per heavy atom. The maximum Gasteiger partial charge on any atom is 0.261 e. The number of benzene rings is 2. The van der Waals surface area contributed by atoms with Crippen molar-refractivity contribution in [1.82, 2.24) is 4.98 Å². The molecular weight excluding hydrogens is 418 g/mol. The molecular formula is C26H31NO2SSi. The van der Waals surface area contributed by atoms with Crippen LogP contribution in [-0.2, 0) is 9.22 Å². The van der Waals surface area contributed by atoms with Crippen molar-refractivity contribution < 1.29 is 9.22 Å². The highest BCUT2D eigenvalue weighted by Crippen LogP contribution is 2.38. The average molecular weight is 450 g/mol. The van der Waals surface area contributed by atoms with E-state index in [2.05, 4.69) is 80.4 Å². The van der Waals surface area contributed by atoms with Gasteiger partial charge in [0, 0.05) is 11.8 Å². The number of rotatable bonds is 8. The van der Waals surface area contributed by atoms with Crippen molar-refractivity contribution in [2.75, 3.05) is 0 Å². The molecule has 31 heavy (non-hydrogen) atoms. The fourth-order valence-corrected chi connectivity index (χ4v) is 9.39. The van der Waals surface area contributed by atoms with Crippen LogP contribution in [-0.4, -0.2) is 25.7 Å². The van der Waals surface area contributed by atoms with Crippen LogP contribution in [0.25, 0.3) is 6.08 Å². The van der Waals surface area contributed by atoms with Crippen molar-refractivity contribution in [3.63, 3.8) is 0 Å². The van der Waals surface area contributed by atoms with Crippen LogP contribution in [0.4, 0.5) is 0 Å². The van der Waals surface area contributed by atoms with Crippen LogP contribution in [0.1, 0.15) is 44.8 Å². The zero-order valence-electron chi connectivity index (χ0n) is 19.0. The molecule has 3 nitrogen and oxygen atoms in total. The predicted molar refractivity (Wildman–Crippen MR) is 134 cm³/mol. The number of carbonyl (C=O) groups is 1. The largest absolute Gasteiger partial charge is 0.400 e. The average Bonchev–Trinajstić information content (AvgIpc) is 3.16. The Morgan fingerprint density at radius 3 is 2.03 bits per heavy atom. The summed E-state index contributed by atoms with van der Waals surface area (Å²) < 4.78 is 7.17. The van der Waals surface area contributed by atoms with Gasteiger partial charge in [0.2, 0.25) is 0 Å². The Bertz CT molecular complexity index is 983. The molecule has 0 saturated heterocycles. The number of carbonyl (C=O) groups excluding carboxylic acids is 1. The third-order valence-electron chi connectivity index (χ3n) is 5.57. The fraction of sp³-hybridized carbons (Fsp3) is 0.308. The Morgan fingerprint density at radius 1 is 1.06 bits per heavy atom. The molecule has 2 aromatic carbocycles. The quantitative estimate of drug-likeness (QED) is 0.342. The summed E-state index contributed by atoms with van der Waals surface area (Å²) in [4.78, 5) is 16.2. The summed E-state index contributed by atoms with van der Waals surface area (Å²) in [6.45, 7) is 10.8. The maximum atomic E-state index is 11.7. The van der Waals surface area contributed by atoms with Crippen LogP contribution < -0.4 is 10.4 Å². The molecule has 0 N–H and O–H groups in total. The van der Waals surface area contributed by atoms with Crippen LogP contribution in [0.2, 0.25) is 5.04 Å². The van der Waals surface area contributed by atoms with E-state index in [1.165, 1.54) is 10.4 Å². The normalized spacial score (nSPS) is 13.8. The molecule has 0 fully saturated rings. The molecule has 1 heterocycles. The van der Waals surface area contributed by atoms with Crippen molar-refractivity contribution in [2.24, 2.45) is 0 Å². The molecule has 0 amide bonds. The summed E-state index contributed by atoms with van der Waals surface area (Å²) in [6, 6.07) is 21.1. The third-order valence-corrected chi connectivity index (χ3v) is 11.4. The number of aldehydes is 1. The molecule has 0 spiro atoms. The molecule has 0 aliphatic rings. The summed E-state index contributed by atoms with van der Waals surface area (Å²) in [6.07, 6.45) is 3.02. The highest BCUT2D eigenvalue weighted by Gasteiger charge is 2.51. The molecule has 0 unspecified atom stereocenters. The van der Waals surface area contributed by atoms with Gasteiger partial charge in [-0.2, -0.15) is 0 Å². The first-order chi connectivity index (χ1) is 14.8. The minimum atomic E-state index is -2.74. The van der Waals surface area contributed by atoms with E-state index in [0.717, 1.165) is 22.6 Å². The van der Waals surface area contributed by atoms with Gasteiger partial charge in [-0.25, -0.2) is 4.98 Å². The minimum absolute atomic E-state index is 0.145. The number of hydrogen-bond acceptors (Lipinski definition) is 4. The predicted octanol–water partition coefficient (Wildman–Crippen LogP) is 5.39. The maximum absolute atomic E-state index is 11.7. The third kappa shape index (κ3) is 5.12. The SMILES string of the molecule is CC(=Cc1csc(C)n1)[C@H](CC=O)O[Si](c1ccccc1)(c1ccccc1)C(C)(C)C. The number of thiazole rings is 1. The van der Waals surface area contributed by atoms with Crippen LogP contribution in [0.5, 0.6) is 0 Å². The van der Waals surface area contributed by atoms with Crippen LogP contribution in [0.15, 0.2) is 71.6 Å². The second-order valence-electron chi connectivity index (χ2n) is 8.85. The molecule has 1 atom stereocenters. The van der Waals surface area contributed by atoms with E-state index in [4.69, 9.17) is 4.43 Å². The highest BCUT2D eigenvalue weighted by molar-refractivity contribution is 7.09. The summed E-state index contributed by atoms with van der Waals surface area (Å²) in [5.41, 5.74) is 1.94. The van der Waals surface area contributed by atoms with E-state index < -0.39 is 8.32 Å². The van der Waals surface area contributed by atoms with Gasteiger partial charge < -0.3 is 9.22 Å². The fourth-order valence-electron chi connectivity index (χ4n) is 4.09. The minimum Gasteiger partial charge on any atom is -0.400 e. The summed E-state index contributed by atoms with van der Waals surface area (Å²) >= 11 is 1.63. The molecule has 3 rings (SSSR count). The molecule has 0 aliphatic heterocycles. The zero-order valence-corrected chi connectivity index (χ0v) is 20.8. The number of aryl methyl sites for hydroxylation is 1. The van der Waals surface area contributed by atoms with Gasteiger partial charge >= 0.3 is 0 Å². The van der Waals surface area contributed by atoms with E-state index in [-0.39, 0.29) is 11.1 Å². The second kappa shape index (κ2) is 9.85. The molecule has 0 radical (unpaired) electrons. The lowest BCUT2D eigenvalue weighted by molar-refractivity contribution is -0.109. The Balaban J connectivity index is 2.16. The van der Waals surface area contributed by atoms with Crippen molar-refractivity contribution in [3.05, 3.63) is 82.3 Å². The molecule has 5 heteroatoms. The van der Waals surface area contributed by atoms with Gasteiger partial charge in [0.15, 0.2) is 0 Å². The summed E-state index contributed by atoms with van der Waals surface area (Å²) in [5.74, 6) is 0. The van der Waals surface area contributed by atoms with Gasteiger partial charge in [-0.05, 0) is 40.9 Å². The molecule has 0 aliphatic carbocycles. The monoisotopic (exact) mass is 449 g/mol. The lowest BCUT2D eigenvalue weighted by atomic mass is 10.1. The number of hydrogen-bond donors (Lipinski definition) is 0. The zero-order chi connectivity index (χ0) is 22.5. The van der Waals surface area contributed by atoms with Crippen molar-refractivity contribution in [2.45, 2.75) is 52.2 Å². The van der Waals surface area contributed by atoms with Crippen LogP contribution >= 0.6 is 11.3 Å². The lowest BCUT2D eigenvalue weighted by Gasteiger charge is -2.45. The molecule has 1 aromatic heterocycles. The van der Waals surface area contributed by atoms with E-state index in [9.17, 15) is 4.79 Å². The molecule has 162 valence electrons. The number of nitrogens with zero attached hydrogens (tertiary/aromatic N) is 1. The van der Waals surface area contributed by atoms with E-state index in [0.29, 0.717) is 6.42 Å². The molecule has 0 bridgehead atoms. The van der Waals surface area contributed by atoms with Gasteiger partial charge in [-0.3, -0.25) is 0 Å². The van der Waals surface area contributed by atoms with Gasteiger partial charge in [0.1, 0.15) is 6.29 Å². The topological polar surface area (TPSA) is 39.2 Å². The standard InChI is InChI=1S/C26H31NO2SSi/c1-20(18-22-19-30-21(2)27-22)25(16-17-28)29-31(26(3,4)5,23-12-8-6-9-13-23)24-14-10-7-11-15-24/h6-15,17-19,25H,16H2,1-5H3/t25-/m0/s1. The first-order valence-corrected chi connectivity index (χ1v) is 13.4.